The molecule has 2 rings (SSSR count). The second kappa shape index (κ2) is 4.19. The Hall–Kier alpha value is -1.46. The third-order valence-electron chi connectivity index (χ3n) is 2.24. The molecule has 86 valence electrons. The number of nitrogens with two attached hydrogens (primary N) is 1. The molecule has 0 bridgehead atoms. The van der Waals surface area contributed by atoms with E-state index in [2.05, 4.69) is 0 Å². The van der Waals surface area contributed by atoms with Gasteiger partial charge >= 0.3 is 0 Å². The Balaban J connectivity index is 2.54. The van der Waals surface area contributed by atoms with E-state index in [0.717, 1.165) is 0 Å². The van der Waals surface area contributed by atoms with Crippen LogP contribution in [0.15, 0.2) is 6.07 Å². The minimum absolute atomic E-state index is 0.0119. The molecule has 1 heterocycles. The van der Waals surface area contributed by atoms with E-state index in [-0.39, 0.29) is 47.6 Å². The van der Waals surface area contributed by atoms with Gasteiger partial charge in [-0.3, -0.25) is 4.79 Å². The molecular weight excluding hydrogens is 234 g/mol. The van der Waals surface area contributed by atoms with Crippen molar-refractivity contribution in [1.29, 1.82) is 0 Å². The standard InChI is InChI=1S/C10H10ClNO4/c11-5-3-7-10(16-4-15-7)8(9(5)14)6(13)1-2-12/h3,14H,1-2,4,12H2. The summed E-state index contributed by atoms with van der Waals surface area (Å²) in [6.45, 7) is 0.207. The molecule has 0 radical (unpaired) electrons. The van der Waals surface area contributed by atoms with Gasteiger partial charge in [-0.15, -0.1) is 0 Å². The highest BCUT2D eigenvalue weighted by Crippen LogP contribution is 2.45. The number of halogens is 1. The average Bonchev–Trinajstić information content (AvgIpc) is 2.67. The lowest BCUT2D eigenvalue weighted by molar-refractivity contribution is 0.0978. The number of carbonyl (C=O) groups is 1. The van der Waals surface area contributed by atoms with Gasteiger partial charge in [-0.05, 0) is 6.54 Å². The lowest BCUT2D eigenvalue weighted by Crippen LogP contribution is -2.09. The van der Waals surface area contributed by atoms with Crippen LogP contribution >= 0.6 is 11.6 Å². The number of ketones is 1. The van der Waals surface area contributed by atoms with Crippen LogP contribution in [0.1, 0.15) is 16.8 Å². The molecule has 0 aliphatic carbocycles. The summed E-state index contributed by atoms with van der Waals surface area (Å²) < 4.78 is 10.2. The van der Waals surface area contributed by atoms with E-state index in [1.807, 2.05) is 0 Å². The maximum absolute atomic E-state index is 11.7. The smallest absolute Gasteiger partial charge is 0.231 e. The molecule has 6 heteroatoms. The van der Waals surface area contributed by atoms with Crippen LogP contribution in [0.3, 0.4) is 0 Å². The number of benzene rings is 1. The van der Waals surface area contributed by atoms with Crippen LogP contribution in [0.25, 0.3) is 0 Å². The summed E-state index contributed by atoms with van der Waals surface area (Å²) in [5, 5.41) is 9.79. The van der Waals surface area contributed by atoms with Crippen molar-refractivity contribution in [3.8, 4) is 17.2 Å². The monoisotopic (exact) mass is 243 g/mol. The van der Waals surface area contributed by atoms with E-state index in [9.17, 15) is 9.90 Å². The van der Waals surface area contributed by atoms with Gasteiger partial charge in [-0.1, -0.05) is 11.6 Å². The number of phenolic OH excluding ortho intramolecular Hbond substituents is 1. The molecule has 1 aliphatic rings. The van der Waals surface area contributed by atoms with E-state index < -0.39 is 0 Å². The van der Waals surface area contributed by atoms with Crippen LogP contribution in [-0.4, -0.2) is 24.2 Å². The zero-order chi connectivity index (χ0) is 11.7. The van der Waals surface area contributed by atoms with Crippen molar-refractivity contribution in [3.05, 3.63) is 16.7 Å². The number of ether oxygens (including phenoxy) is 2. The van der Waals surface area contributed by atoms with Gasteiger partial charge in [0.15, 0.2) is 17.3 Å². The second-order valence-electron chi connectivity index (χ2n) is 3.28. The average molecular weight is 244 g/mol. The summed E-state index contributed by atoms with van der Waals surface area (Å²) in [6.07, 6.45) is 0.115. The summed E-state index contributed by atoms with van der Waals surface area (Å²) in [5.41, 5.74) is 5.34. The predicted molar refractivity (Wildman–Crippen MR) is 57.2 cm³/mol. The Labute approximate surface area is 96.7 Å². The molecule has 1 aliphatic heterocycles. The number of hydrogen-bond acceptors (Lipinski definition) is 5. The van der Waals surface area contributed by atoms with Gasteiger partial charge in [-0.2, -0.15) is 0 Å². The van der Waals surface area contributed by atoms with Crippen LogP contribution < -0.4 is 15.2 Å². The predicted octanol–water partition coefficient (Wildman–Crippen LogP) is 1.31. The molecule has 1 aromatic carbocycles. The van der Waals surface area contributed by atoms with Crippen LogP contribution in [0.2, 0.25) is 5.02 Å². The van der Waals surface area contributed by atoms with Crippen molar-refractivity contribution in [3.63, 3.8) is 0 Å². The second-order valence-corrected chi connectivity index (χ2v) is 3.68. The van der Waals surface area contributed by atoms with Gasteiger partial charge in [0.1, 0.15) is 11.3 Å². The first-order chi connectivity index (χ1) is 7.65. The fraction of sp³-hybridized carbons (Fsp3) is 0.300. The normalized spacial score (nSPS) is 12.9. The number of rotatable bonds is 3. The molecular formula is C10H10ClNO4. The lowest BCUT2D eigenvalue weighted by Gasteiger charge is -2.08. The van der Waals surface area contributed by atoms with Crippen molar-refractivity contribution in [2.75, 3.05) is 13.3 Å². The lowest BCUT2D eigenvalue weighted by atomic mass is 10.1. The maximum atomic E-state index is 11.7. The van der Waals surface area contributed by atoms with Gasteiger partial charge in [0.2, 0.25) is 6.79 Å². The van der Waals surface area contributed by atoms with Gasteiger partial charge in [0.05, 0.1) is 5.02 Å². The fourth-order valence-electron chi connectivity index (χ4n) is 1.52. The molecule has 0 spiro atoms. The first-order valence-corrected chi connectivity index (χ1v) is 5.07. The molecule has 0 saturated carbocycles. The van der Waals surface area contributed by atoms with Gasteiger partial charge < -0.3 is 20.3 Å². The Morgan fingerprint density at radius 2 is 2.31 bits per heavy atom. The van der Waals surface area contributed by atoms with Gasteiger partial charge in [0.25, 0.3) is 0 Å². The van der Waals surface area contributed by atoms with E-state index in [4.69, 9.17) is 26.8 Å². The molecule has 3 N–H and O–H groups in total. The Morgan fingerprint density at radius 3 is 3.00 bits per heavy atom. The van der Waals surface area contributed by atoms with Crippen LogP contribution in [0, 0.1) is 0 Å². The first kappa shape index (κ1) is 11.0. The molecule has 0 unspecified atom stereocenters. The first-order valence-electron chi connectivity index (χ1n) is 4.69. The highest BCUT2D eigenvalue weighted by Gasteiger charge is 2.27. The van der Waals surface area contributed by atoms with Gasteiger partial charge in [-0.25, -0.2) is 0 Å². The molecule has 0 fully saturated rings. The number of hydrogen-bond donors (Lipinski definition) is 2. The number of carbonyl (C=O) groups excluding carboxylic acids is 1. The topological polar surface area (TPSA) is 81.8 Å². The number of aromatic hydroxyl groups is 1. The molecule has 0 aromatic heterocycles. The minimum Gasteiger partial charge on any atom is -0.505 e. The van der Waals surface area contributed by atoms with E-state index in [1.165, 1.54) is 6.07 Å². The highest BCUT2D eigenvalue weighted by atomic mass is 35.5. The molecule has 5 nitrogen and oxygen atoms in total. The van der Waals surface area contributed by atoms with Crippen molar-refractivity contribution in [2.24, 2.45) is 5.73 Å². The van der Waals surface area contributed by atoms with Gasteiger partial charge in [0, 0.05) is 12.5 Å². The molecule has 1 aromatic rings. The largest absolute Gasteiger partial charge is 0.505 e. The SMILES string of the molecule is NCCC(=O)c1c(O)c(Cl)cc2c1OCO2. The van der Waals surface area contributed by atoms with Crippen LogP contribution in [0.4, 0.5) is 0 Å². The summed E-state index contributed by atoms with van der Waals surface area (Å²) >= 11 is 5.77. The highest BCUT2D eigenvalue weighted by molar-refractivity contribution is 6.33. The molecule has 0 saturated heterocycles. The zero-order valence-corrected chi connectivity index (χ0v) is 9.08. The minimum atomic E-state index is -0.316. The molecule has 16 heavy (non-hydrogen) atoms. The van der Waals surface area contributed by atoms with Crippen LogP contribution in [0.5, 0.6) is 17.2 Å². The molecule has 0 amide bonds. The Kier molecular flexibility index (Phi) is 2.89. The number of Topliss-reactive ketones (excluding diaryl/α,β-unsaturated/α-hetero) is 1. The van der Waals surface area contributed by atoms with Crippen molar-refractivity contribution in [2.45, 2.75) is 6.42 Å². The zero-order valence-electron chi connectivity index (χ0n) is 8.33. The number of phenols is 1. The van der Waals surface area contributed by atoms with E-state index in [0.29, 0.717) is 5.75 Å². The maximum Gasteiger partial charge on any atom is 0.231 e. The summed E-state index contributed by atoms with van der Waals surface area (Å²) in [4.78, 5) is 11.7. The Morgan fingerprint density at radius 1 is 1.56 bits per heavy atom. The Bertz CT molecular complexity index is 447. The summed E-state index contributed by atoms with van der Waals surface area (Å²) in [5.74, 6) is -0.00265. The van der Waals surface area contributed by atoms with Crippen LogP contribution in [-0.2, 0) is 0 Å². The third kappa shape index (κ3) is 1.68. The van der Waals surface area contributed by atoms with Crippen molar-refractivity contribution in [1.82, 2.24) is 0 Å². The quantitative estimate of drug-likeness (QED) is 0.782. The summed E-state index contributed by atoms with van der Waals surface area (Å²) in [6, 6.07) is 1.42. The van der Waals surface area contributed by atoms with E-state index >= 15 is 0 Å². The number of fused-ring (bicyclic) bond motifs is 1. The fourth-order valence-corrected chi connectivity index (χ4v) is 1.71. The van der Waals surface area contributed by atoms with E-state index in [1.54, 1.807) is 0 Å². The van der Waals surface area contributed by atoms with Crippen molar-refractivity contribution < 1.29 is 19.4 Å². The molecule has 0 atom stereocenters. The third-order valence-corrected chi connectivity index (χ3v) is 2.53. The summed E-state index contributed by atoms with van der Waals surface area (Å²) in [7, 11) is 0. The van der Waals surface area contributed by atoms with Crippen molar-refractivity contribution >= 4 is 17.4 Å².